The van der Waals surface area contributed by atoms with Gasteiger partial charge in [-0.15, -0.1) is 0 Å². The Morgan fingerprint density at radius 1 is 0.893 bits per heavy atom. The van der Waals surface area contributed by atoms with Crippen LogP contribution in [0.5, 0.6) is 0 Å². The van der Waals surface area contributed by atoms with Crippen molar-refractivity contribution in [2.24, 2.45) is 10.1 Å². The molecular weight excluding hydrogens is 344 g/mol. The summed E-state index contributed by atoms with van der Waals surface area (Å²) >= 11 is 0. The first-order valence-electron chi connectivity index (χ1n) is 9.46. The normalized spacial score (nSPS) is 13.7. The molecule has 0 radical (unpaired) electrons. The molecule has 0 fully saturated rings. The van der Waals surface area contributed by atoms with E-state index in [-0.39, 0.29) is 5.41 Å². The maximum Gasteiger partial charge on any atom is 0.154 e. The van der Waals surface area contributed by atoms with Crippen LogP contribution in [0.15, 0.2) is 77.1 Å². The second-order valence-electron chi connectivity index (χ2n) is 8.12. The average molecular weight is 368 g/mol. The summed E-state index contributed by atoms with van der Waals surface area (Å²) in [7, 11) is 0. The summed E-state index contributed by atoms with van der Waals surface area (Å²) < 4.78 is 0. The van der Waals surface area contributed by atoms with Gasteiger partial charge in [0.2, 0.25) is 0 Å². The molecule has 0 saturated carbocycles. The van der Waals surface area contributed by atoms with E-state index in [4.69, 9.17) is 10.1 Å². The number of hydrogen-bond donors (Lipinski definition) is 1. The molecule has 3 aromatic rings. The lowest BCUT2D eigenvalue weighted by Gasteiger charge is -2.19. The van der Waals surface area contributed by atoms with Crippen molar-refractivity contribution in [2.45, 2.75) is 33.1 Å². The van der Waals surface area contributed by atoms with Crippen molar-refractivity contribution in [3.05, 3.63) is 94.8 Å². The summed E-state index contributed by atoms with van der Waals surface area (Å²) in [6.45, 7) is 8.72. The predicted molar refractivity (Wildman–Crippen MR) is 116 cm³/mol. The van der Waals surface area contributed by atoms with Gasteiger partial charge in [-0.3, -0.25) is 10.4 Å². The third kappa shape index (κ3) is 3.58. The van der Waals surface area contributed by atoms with Gasteiger partial charge in [0.25, 0.3) is 0 Å². The van der Waals surface area contributed by atoms with Crippen molar-refractivity contribution in [3.8, 4) is 0 Å². The van der Waals surface area contributed by atoms with Gasteiger partial charge >= 0.3 is 0 Å². The third-order valence-electron chi connectivity index (χ3n) is 4.87. The number of pyridine rings is 1. The highest BCUT2D eigenvalue weighted by Gasteiger charge is 2.18. The van der Waals surface area contributed by atoms with E-state index in [2.05, 4.69) is 74.5 Å². The summed E-state index contributed by atoms with van der Waals surface area (Å²) in [5.74, 6) is 0.740. The van der Waals surface area contributed by atoms with E-state index >= 15 is 0 Å². The standard InChI is InChI=1S/C24H24N4/c1-16-7-12-21-20(14-16)22(18-6-5-13-25-15-18)27-28-23(26-21)17-8-10-19(11-9-17)24(2,3)4/h5-15H,1-4H3,(H,26,28). The highest BCUT2D eigenvalue weighted by atomic mass is 15.3. The van der Waals surface area contributed by atoms with Crippen LogP contribution in [0.25, 0.3) is 0 Å². The SMILES string of the molecule is Cc1ccc2c(c1)C(c1cccnc1)=NNC(c1ccc(C(C)(C)C)cc1)=N2. The topological polar surface area (TPSA) is 49.6 Å². The fourth-order valence-electron chi connectivity index (χ4n) is 3.23. The van der Waals surface area contributed by atoms with Gasteiger partial charge in [-0.2, -0.15) is 5.10 Å². The van der Waals surface area contributed by atoms with E-state index < -0.39 is 0 Å². The number of aliphatic imine (C=N–C) groups is 1. The summed E-state index contributed by atoms with van der Waals surface area (Å²) in [6.07, 6.45) is 3.60. The van der Waals surface area contributed by atoms with Gasteiger partial charge < -0.3 is 0 Å². The number of aryl methyl sites for hydroxylation is 1. The molecule has 0 atom stereocenters. The van der Waals surface area contributed by atoms with E-state index in [1.54, 1.807) is 6.20 Å². The van der Waals surface area contributed by atoms with Crippen LogP contribution in [-0.2, 0) is 5.41 Å². The molecule has 1 N–H and O–H groups in total. The van der Waals surface area contributed by atoms with Gasteiger partial charge in [-0.05, 0) is 42.2 Å². The number of hydrazone groups is 1. The molecule has 1 aliphatic heterocycles. The molecule has 4 rings (SSSR count). The number of rotatable bonds is 2. The quantitative estimate of drug-likeness (QED) is 0.682. The van der Waals surface area contributed by atoms with E-state index in [0.717, 1.165) is 33.9 Å². The maximum atomic E-state index is 4.89. The number of nitrogens with one attached hydrogen (secondary N) is 1. The van der Waals surface area contributed by atoms with Gasteiger partial charge in [-0.25, -0.2) is 4.99 Å². The van der Waals surface area contributed by atoms with Crippen molar-refractivity contribution in [3.63, 3.8) is 0 Å². The Bertz CT molecular complexity index is 1060. The number of hydrogen-bond acceptors (Lipinski definition) is 4. The summed E-state index contributed by atoms with van der Waals surface area (Å²) in [6, 6.07) is 18.7. The van der Waals surface area contributed by atoms with Crippen LogP contribution in [-0.4, -0.2) is 16.5 Å². The molecule has 28 heavy (non-hydrogen) atoms. The molecule has 0 spiro atoms. The van der Waals surface area contributed by atoms with Crippen LogP contribution >= 0.6 is 0 Å². The van der Waals surface area contributed by atoms with Crippen molar-refractivity contribution in [1.82, 2.24) is 10.4 Å². The summed E-state index contributed by atoms with van der Waals surface area (Å²) in [5.41, 5.74) is 10.5. The molecule has 0 bridgehead atoms. The molecule has 2 heterocycles. The number of aromatic nitrogens is 1. The summed E-state index contributed by atoms with van der Waals surface area (Å²) in [4.78, 5) is 9.14. The molecule has 4 heteroatoms. The lowest BCUT2D eigenvalue weighted by atomic mass is 9.86. The number of amidine groups is 1. The van der Waals surface area contributed by atoms with Gasteiger partial charge in [-0.1, -0.05) is 56.7 Å². The van der Waals surface area contributed by atoms with Gasteiger partial charge in [0, 0.05) is 29.1 Å². The molecule has 4 nitrogen and oxygen atoms in total. The fourth-order valence-corrected chi connectivity index (χ4v) is 3.23. The molecular formula is C24H24N4. The van der Waals surface area contributed by atoms with E-state index in [1.807, 2.05) is 24.4 Å². The minimum Gasteiger partial charge on any atom is -0.264 e. The third-order valence-corrected chi connectivity index (χ3v) is 4.87. The number of fused-ring (bicyclic) bond motifs is 1. The number of nitrogens with zero attached hydrogens (tertiary/aromatic N) is 3. The maximum absolute atomic E-state index is 4.89. The van der Waals surface area contributed by atoms with Crippen LogP contribution in [0, 0.1) is 6.92 Å². The van der Waals surface area contributed by atoms with Crippen LogP contribution in [0.2, 0.25) is 0 Å². The zero-order valence-electron chi connectivity index (χ0n) is 16.7. The first-order chi connectivity index (χ1) is 13.4. The Morgan fingerprint density at radius 3 is 2.36 bits per heavy atom. The minimum atomic E-state index is 0.118. The van der Waals surface area contributed by atoms with Crippen LogP contribution in [0.4, 0.5) is 5.69 Å². The lowest BCUT2D eigenvalue weighted by molar-refractivity contribution is 0.590. The average Bonchev–Trinajstić information content (AvgIpc) is 2.87. The van der Waals surface area contributed by atoms with Crippen molar-refractivity contribution < 1.29 is 0 Å². The fraction of sp³-hybridized carbons (Fsp3) is 0.208. The van der Waals surface area contributed by atoms with E-state index in [0.29, 0.717) is 0 Å². The monoisotopic (exact) mass is 368 g/mol. The van der Waals surface area contributed by atoms with E-state index in [1.165, 1.54) is 11.1 Å². The molecule has 1 aromatic heterocycles. The predicted octanol–water partition coefficient (Wildman–Crippen LogP) is 5.12. The van der Waals surface area contributed by atoms with E-state index in [9.17, 15) is 0 Å². The first-order valence-corrected chi connectivity index (χ1v) is 9.46. The zero-order valence-corrected chi connectivity index (χ0v) is 16.7. The second kappa shape index (κ2) is 7.04. The van der Waals surface area contributed by atoms with Crippen molar-refractivity contribution in [2.75, 3.05) is 0 Å². The molecule has 1 aliphatic rings. The van der Waals surface area contributed by atoms with Gasteiger partial charge in [0.1, 0.15) is 5.71 Å². The smallest absolute Gasteiger partial charge is 0.154 e. The Balaban J connectivity index is 1.80. The Labute approximate surface area is 166 Å². The van der Waals surface area contributed by atoms with Crippen LogP contribution < -0.4 is 5.43 Å². The van der Waals surface area contributed by atoms with Crippen molar-refractivity contribution in [1.29, 1.82) is 0 Å². The van der Waals surface area contributed by atoms with Crippen LogP contribution in [0.3, 0.4) is 0 Å². The van der Waals surface area contributed by atoms with Gasteiger partial charge in [0.15, 0.2) is 5.84 Å². The Kier molecular flexibility index (Phi) is 4.55. The Morgan fingerprint density at radius 2 is 1.68 bits per heavy atom. The molecule has 0 saturated heterocycles. The number of benzene rings is 2. The molecule has 0 unspecified atom stereocenters. The minimum absolute atomic E-state index is 0.118. The molecule has 2 aromatic carbocycles. The first kappa shape index (κ1) is 18.1. The molecule has 0 aliphatic carbocycles. The largest absolute Gasteiger partial charge is 0.264 e. The van der Waals surface area contributed by atoms with Gasteiger partial charge in [0.05, 0.1) is 5.69 Å². The van der Waals surface area contributed by atoms with Crippen LogP contribution in [0.1, 0.15) is 48.6 Å². The zero-order chi connectivity index (χ0) is 19.7. The second-order valence-corrected chi connectivity index (χ2v) is 8.12. The molecule has 0 amide bonds. The highest BCUT2D eigenvalue weighted by molar-refractivity contribution is 6.17. The lowest BCUT2D eigenvalue weighted by Crippen LogP contribution is -2.20. The highest BCUT2D eigenvalue weighted by Crippen LogP contribution is 2.27. The Hall–Kier alpha value is -3.27. The van der Waals surface area contributed by atoms with Crippen molar-refractivity contribution >= 4 is 17.2 Å². The molecule has 140 valence electrons. The summed E-state index contributed by atoms with van der Waals surface area (Å²) in [5, 5.41) is 4.70.